The van der Waals surface area contributed by atoms with Gasteiger partial charge >= 0.3 is 0 Å². The van der Waals surface area contributed by atoms with Crippen molar-refractivity contribution < 1.29 is 4.79 Å². The third-order valence-electron chi connectivity index (χ3n) is 6.19. The van der Waals surface area contributed by atoms with E-state index in [0.717, 1.165) is 45.2 Å². The van der Waals surface area contributed by atoms with E-state index in [0.29, 0.717) is 12.6 Å². The van der Waals surface area contributed by atoms with Gasteiger partial charge < -0.3 is 15.1 Å². The summed E-state index contributed by atoms with van der Waals surface area (Å²) in [6.07, 6.45) is 3.96. The van der Waals surface area contributed by atoms with Crippen LogP contribution >= 0.6 is 0 Å². The molecule has 1 unspecified atom stereocenters. The van der Waals surface area contributed by atoms with Crippen molar-refractivity contribution in [3.05, 3.63) is 35.4 Å². The number of amides is 1. The Morgan fingerprint density at radius 3 is 2.41 bits per heavy atom. The number of hydrogen-bond donors (Lipinski definition) is 1. The van der Waals surface area contributed by atoms with Gasteiger partial charge in [0.2, 0.25) is 5.91 Å². The summed E-state index contributed by atoms with van der Waals surface area (Å²) in [6, 6.07) is 9.39. The normalized spacial score (nSPS) is 21.3. The van der Waals surface area contributed by atoms with Crippen LogP contribution in [0.1, 0.15) is 51.2 Å². The van der Waals surface area contributed by atoms with E-state index < -0.39 is 0 Å². The number of hydrogen-bond acceptors (Lipinski definition) is 3. The number of piperidine rings is 1. The van der Waals surface area contributed by atoms with Crippen molar-refractivity contribution in [2.45, 2.75) is 59.2 Å². The van der Waals surface area contributed by atoms with Gasteiger partial charge in [-0.25, -0.2) is 4.99 Å². The first-order valence-corrected chi connectivity index (χ1v) is 11.2. The number of likely N-dealkylation sites (tertiary alicyclic amines) is 1. The molecule has 6 nitrogen and oxygen atoms in total. The van der Waals surface area contributed by atoms with Gasteiger partial charge in [-0.15, -0.1) is 0 Å². The van der Waals surface area contributed by atoms with Gasteiger partial charge in [-0.3, -0.25) is 9.69 Å². The molecule has 0 aromatic heterocycles. The standard InChI is InChI=1S/C23H37N5O/c1-4-24-23(27-15-13-26(14-16-27)20(3)29)25-17-21-10-5-6-11-22(21)18-28-12-8-7-9-19(28)2/h5-6,10-11,19H,4,7-9,12-18H2,1-3H3,(H,24,25). The SMILES string of the molecule is CCNC(=NCc1ccccc1CN1CCCCC1C)N1CCN(C(C)=O)CC1. The first-order valence-electron chi connectivity index (χ1n) is 11.2. The molecule has 0 bridgehead atoms. The minimum atomic E-state index is 0.160. The maximum Gasteiger partial charge on any atom is 0.219 e. The van der Waals surface area contributed by atoms with E-state index in [-0.39, 0.29) is 5.91 Å². The molecule has 2 aliphatic heterocycles. The molecule has 2 fully saturated rings. The molecular weight excluding hydrogens is 362 g/mol. The number of piperazine rings is 1. The third-order valence-corrected chi connectivity index (χ3v) is 6.19. The first kappa shape index (κ1) is 21.6. The van der Waals surface area contributed by atoms with Crippen molar-refractivity contribution in [3.63, 3.8) is 0 Å². The lowest BCUT2D eigenvalue weighted by molar-refractivity contribution is -0.130. The molecule has 1 amide bonds. The van der Waals surface area contributed by atoms with Gasteiger partial charge in [0, 0.05) is 52.2 Å². The Hall–Kier alpha value is -2.08. The van der Waals surface area contributed by atoms with Gasteiger partial charge in [0.1, 0.15) is 0 Å². The molecule has 1 N–H and O–H groups in total. The quantitative estimate of drug-likeness (QED) is 0.611. The third kappa shape index (κ3) is 5.95. The van der Waals surface area contributed by atoms with Crippen LogP contribution in [0.2, 0.25) is 0 Å². The first-order chi connectivity index (χ1) is 14.1. The molecule has 3 rings (SSSR count). The van der Waals surface area contributed by atoms with Crippen LogP contribution in [0.4, 0.5) is 0 Å². The summed E-state index contributed by atoms with van der Waals surface area (Å²) in [5, 5.41) is 3.44. The van der Waals surface area contributed by atoms with E-state index in [1.165, 1.54) is 36.9 Å². The summed E-state index contributed by atoms with van der Waals surface area (Å²) in [7, 11) is 0. The lowest BCUT2D eigenvalue weighted by Gasteiger charge is -2.36. The Bertz CT molecular complexity index is 696. The van der Waals surface area contributed by atoms with Gasteiger partial charge in [-0.2, -0.15) is 0 Å². The zero-order valence-corrected chi connectivity index (χ0v) is 18.4. The number of benzene rings is 1. The summed E-state index contributed by atoms with van der Waals surface area (Å²) >= 11 is 0. The van der Waals surface area contributed by atoms with Crippen LogP contribution in [0.25, 0.3) is 0 Å². The molecule has 29 heavy (non-hydrogen) atoms. The predicted molar refractivity (Wildman–Crippen MR) is 119 cm³/mol. The van der Waals surface area contributed by atoms with Gasteiger partial charge in [-0.05, 0) is 44.4 Å². The highest BCUT2D eigenvalue weighted by atomic mass is 16.2. The van der Waals surface area contributed by atoms with E-state index >= 15 is 0 Å². The van der Waals surface area contributed by atoms with Gasteiger partial charge in [-0.1, -0.05) is 30.7 Å². The van der Waals surface area contributed by atoms with Crippen molar-refractivity contribution in [1.29, 1.82) is 0 Å². The van der Waals surface area contributed by atoms with E-state index in [2.05, 4.69) is 53.2 Å². The maximum absolute atomic E-state index is 11.6. The van der Waals surface area contributed by atoms with E-state index in [4.69, 9.17) is 4.99 Å². The fourth-order valence-electron chi connectivity index (χ4n) is 4.30. The Morgan fingerprint density at radius 2 is 1.76 bits per heavy atom. The fraction of sp³-hybridized carbons (Fsp3) is 0.652. The number of guanidine groups is 1. The highest BCUT2D eigenvalue weighted by Gasteiger charge is 2.21. The molecular formula is C23H37N5O. The Morgan fingerprint density at radius 1 is 1.07 bits per heavy atom. The molecule has 1 atom stereocenters. The topological polar surface area (TPSA) is 51.2 Å². The van der Waals surface area contributed by atoms with Crippen LogP contribution in [0.15, 0.2) is 29.3 Å². The average Bonchev–Trinajstić information content (AvgIpc) is 2.74. The highest BCUT2D eigenvalue weighted by Crippen LogP contribution is 2.21. The monoisotopic (exact) mass is 399 g/mol. The molecule has 0 spiro atoms. The summed E-state index contributed by atoms with van der Waals surface area (Å²) in [6.45, 7) is 13.0. The Kier molecular flexibility index (Phi) is 7.92. The summed E-state index contributed by atoms with van der Waals surface area (Å²) in [4.78, 5) is 23.4. The van der Waals surface area contributed by atoms with Crippen molar-refractivity contribution in [1.82, 2.24) is 20.0 Å². The summed E-state index contributed by atoms with van der Waals surface area (Å²) < 4.78 is 0. The Balaban J connectivity index is 1.67. The zero-order valence-electron chi connectivity index (χ0n) is 18.4. The van der Waals surface area contributed by atoms with Crippen LogP contribution in [0.3, 0.4) is 0 Å². The predicted octanol–water partition coefficient (Wildman–Crippen LogP) is 2.69. The molecule has 0 radical (unpaired) electrons. The van der Waals surface area contributed by atoms with Crippen molar-refractivity contribution in [3.8, 4) is 0 Å². The molecule has 6 heteroatoms. The van der Waals surface area contributed by atoms with Gasteiger partial charge in [0.25, 0.3) is 0 Å². The number of nitrogens with one attached hydrogen (secondary N) is 1. The number of aliphatic imine (C=N–C) groups is 1. The average molecular weight is 400 g/mol. The number of carbonyl (C=O) groups excluding carboxylic acids is 1. The summed E-state index contributed by atoms with van der Waals surface area (Å²) in [5.41, 5.74) is 2.70. The second-order valence-electron chi connectivity index (χ2n) is 8.25. The lowest BCUT2D eigenvalue weighted by Crippen LogP contribution is -2.53. The molecule has 1 aromatic rings. The molecule has 160 valence electrons. The van der Waals surface area contributed by atoms with Crippen LogP contribution in [0.5, 0.6) is 0 Å². The second kappa shape index (κ2) is 10.6. The van der Waals surface area contributed by atoms with E-state index in [9.17, 15) is 4.79 Å². The van der Waals surface area contributed by atoms with E-state index in [1.54, 1.807) is 6.92 Å². The molecule has 1 aromatic carbocycles. The number of carbonyl (C=O) groups is 1. The van der Waals surface area contributed by atoms with Crippen molar-refractivity contribution in [2.75, 3.05) is 39.3 Å². The second-order valence-corrected chi connectivity index (χ2v) is 8.25. The van der Waals surface area contributed by atoms with Crippen LogP contribution in [-0.4, -0.2) is 71.9 Å². The summed E-state index contributed by atoms with van der Waals surface area (Å²) in [5.74, 6) is 1.12. The molecule has 0 saturated carbocycles. The van der Waals surface area contributed by atoms with Crippen LogP contribution < -0.4 is 5.32 Å². The van der Waals surface area contributed by atoms with Gasteiger partial charge in [0.05, 0.1) is 6.54 Å². The molecule has 2 aliphatic rings. The fourth-order valence-corrected chi connectivity index (χ4v) is 4.30. The maximum atomic E-state index is 11.6. The van der Waals surface area contributed by atoms with Crippen molar-refractivity contribution >= 4 is 11.9 Å². The van der Waals surface area contributed by atoms with Gasteiger partial charge in [0.15, 0.2) is 5.96 Å². The van der Waals surface area contributed by atoms with Crippen LogP contribution in [0, 0.1) is 0 Å². The lowest BCUT2D eigenvalue weighted by atomic mass is 10.0. The minimum absolute atomic E-state index is 0.160. The van der Waals surface area contributed by atoms with E-state index in [1.807, 2.05) is 4.90 Å². The van der Waals surface area contributed by atoms with Crippen LogP contribution in [-0.2, 0) is 17.9 Å². The van der Waals surface area contributed by atoms with Crippen molar-refractivity contribution in [2.24, 2.45) is 4.99 Å². The number of rotatable bonds is 5. The molecule has 2 saturated heterocycles. The minimum Gasteiger partial charge on any atom is -0.357 e. The smallest absolute Gasteiger partial charge is 0.219 e. The molecule has 2 heterocycles. The Labute approximate surface area is 176 Å². The highest BCUT2D eigenvalue weighted by molar-refractivity contribution is 5.80. The number of nitrogens with zero attached hydrogens (tertiary/aromatic N) is 4. The largest absolute Gasteiger partial charge is 0.357 e. The zero-order chi connectivity index (χ0) is 20.6. The molecule has 0 aliphatic carbocycles.